The van der Waals surface area contributed by atoms with Gasteiger partial charge in [-0.25, -0.2) is 0 Å². The lowest BCUT2D eigenvalue weighted by Gasteiger charge is -2.40. The molecule has 3 unspecified atom stereocenters. The van der Waals surface area contributed by atoms with E-state index in [0.29, 0.717) is 22.9 Å². The molecule has 0 aromatic heterocycles. The highest BCUT2D eigenvalue weighted by atomic mass is 35.5. The first-order valence-corrected chi connectivity index (χ1v) is 7.67. The van der Waals surface area contributed by atoms with Gasteiger partial charge < -0.3 is 5.73 Å². The van der Waals surface area contributed by atoms with Crippen molar-refractivity contribution < 1.29 is 0 Å². The van der Waals surface area contributed by atoms with Crippen LogP contribution in [0.3, 0.4) is 0 Å². The van der Waals surface area contributed by atoms with E-state index in [-0.39, 0.29) is 0 Å². The molecule has 19 heavy (non-hydrogen) atoms. The molecule has 0 bridgehead atoms. The van der Waals surface area contributed by atoms with Crippen LogP contribution in [-0.2, 0) is 0 Å². The van der Waals surface area contributed by atoms with Crippen LogP contribution in [0.4, 0.5) is 0 Å². The number of nitrogens with zero attached hydrogens (tertiary/aromatic N) is 1. The van der Waals surface area contributed by atoms with Gasteiger partial charge in [-0.2, -0.15) is 0 Å². The Morgan fingerprint density at radius 3 is 2.79 bits per heavy atom. The topological polar surface area (TPSA) is 29.3 Å². The maximum Gasteiger partial charge on any atom is 0.0468 e. The number of likely N-dealkylation sites (tertiary alicyclic amines) is 1. The van der Waals surface area contributed by atoms with Crippen LogP contribution in [0.5, 0.6) is 0 Å². The van der Waals surface area contributed by atoms with Crippen LogP contribution < -0.4 is 5.73 Å². The Hall–Kier alpha value is -0.280. The third kappa shape index (κ3) is 3.43. The van der Waals surface area contributed by atoms with E-state index in [9.17, 15) is 0 Å². The van der Waals surface area contributed by atoms with Gasteiger partial charge in [0, 0.05) is 22.6 Å². The highest BCUT2D eigenvalue weighted by Crippen LogP contribution is 2.33. The van der Waals surface area contributed by atoms with E-state index >= 15 is 0 Å². The summed E-state index contributed by atoms with van der Waals surface area (Å²) in [6, 6.07) is 6.07. The van der Waals surface area contributed by atoms with Crippen molar-refractivity contribution in [3.8, 4) is 0 Å². The summed E-state index contributed by atoms with van der Waals surface area (Å²) in [5.74, 6) is 1.30. The minimum absolute atomic E-state index is 0.311. The van der Waals surface area contributed by atoms with Gasteiger partial charge in [0.05, 0.1) is 0 Å². The zero-order valence-electron chi connectivity index (χ0n) is 11.6. The second-order valence-electron chi connectivity index (χ2n) is 5.60. The molecule has 3 atom stereocenters. The third-order valence-electron chi connectivity index (χ3n) is 4.41. The van der Waals surface area contributed by atoms with Gasteiger partial charge in [-0.15, -0.1) is 0 Å². The zero-order chi connectivity index (χ0) is 14.0. The normalized spacial score (nSPS) is 26.4. The lowest BCUT2D eigenvalue weighted by atomic mass is 9.86. The third-order valence-corrected chi connectivity index (χ3v) is 4.97. The summed E-state index contributed by atoms with van der Waals surface area (Å²) in [6.07, 6.45) is 1.21. The maximum atomic E-state index is 6.31. The van der Waals surface area contributed by atoms with Crippen LogP contribution in [0.2, 0.25) is 10.0 Å². The molecule has 0 saturated carbocycles. The predicted octanol–water partition coefficient (Wildman–Crippen LogP) is 3.97. The minimum atomic E-state index is 0.311. The number of hydrogen-bond donors (Lipinski definition) is 1. The Bertz CT molecular complexity index is 436. The molecular formula is C15H22Cl2N2. The van der Waals surface area contributed by atoms with Crippen molar-refractivity contribution in [1.82, 2.24) is 4.90 Å². The Kier molecular flexibility index (Phi) is 5.13. The van der Waals surface area contributed by atoms with Crippen molar-refractivity contribution in [2.75, 3.05) is 19.6 Å². The largest absolute Gasteiger partial charge is 0.330 e. The average Bonchev–Trinajstić information content (AvgIpc) is 2.38. The number of nitrogens with two attached hydrogens (primary N) is 1. The second kappa shape index (κ2) is 6.45. The Morgan fingerprint density at radius 1 is 1.42 bits per heavy atom. The lowest BCUT2D eigenvalue weighted by molar-refractivity contribution is 0.0979. The van der Waals surface area contributed by atoms with Gasteiger partial charge >= 0.3 is 0 Å². The number of halogens is 2. The first-order chi connectivity index (χ1) is 9.02. The molecule has 2 nitrogen and oxygen atoms in total. The SMILES string of the molecule is CC1CCN(C(C)c2ccc(Cl)cc2Cl)CC1CN. The minimum Gasteiger partial charge on any atom is -0.330 e. The van der Waals surface area contributed by atoms with E-state index in [4.69, 9.17) is 28.9 Å². The molecule has 2 rings (SSSR count). The summed E-state index contributed by atoms with van der Waals surface area (Å²) < 4.78 is 0. The fourth-order valence-corrected chi connectivity index (χ4v) is 3.44. The summed E-state index contributed by atoms with van der Waals surface area (Å²) in [7, 11) is 0. The van der Waals surface area contributed by atoms with Gasteiger partial charge in [-0.3, -0.25) is 4.90 Å². The van der Waals surface area contributed by atoms with Crippen molar-refractivity contribution in [3.63, 3.8) is 0 Å². The van der Waals surface area contributed by atoms with E-state index in [1.807, 2.05) is 18.2 Å². The fraction of sp³-hybridized carbons (Fsp3) is 0.600. The second-order valence-corrected chi connectivity index (χ2v) is 6.44. The van der Waals surface area contributed by atoms with Crippen LogP contribution in [0.25, 0.3) is 0 Å². The zero-order valence-corrected chi connectivity index (χ0v) is 13.1. The molecule has 0 aliphatic carbocycles. The summed E-state index contributed by atoms with van der Waals surface area (Å²) in [4.78, 5) is 2.48. The molecule has 1 aromatic rings. The summed E-state index contributed by atoms with van der Waals surface area (Å²) in [5.41, 5.74) is 7.02. The van der Waals surface area contributed by atoms with Crippen LogP contribution in [-0.4, -0.2) is 24.5 Å². The Morgan fingerprint density at radius 2 is 2.16 bits per heavy atom. The fourth-order valence-electron chi connectivity index (χ4n) is 2.87. The molecule has 0 radical (unpaired) electrons. The van der Waals surface area contributed by atoms with E-state index in [1.165, 1.54) is 6.42 Å². The molecule has 0 amide bonds. The maximum absolute atomic E-state index is 6.31. The first kappa shape index (κ1) is 15.1. The molecule has 1 aliphatic rings. The molecule has 0 spiro atoms. The molecule has 106 valence electrons. The predicted molar refractivity (Wildman–Crippen MR) is 82.8 cm³/mol. The summed E-state index contributed by atoms with van der Waals surface area (Å²) >= 11 is 12.3. The smallest absolute Gasteiger partial charge is 0.0468 e. The van der Waals surface area contributed by atoms with Gasteiger partial charge in [-0.1, -0.05) is 36.2 Å². The highest BCUT2D eigenvalue weighted by molar-refractivity contribution is 6.35. The van der Waals surface area contributed by atoms with E-state index in [2.05, 4.69) is 18.7 Å². The molecular weight excluding hydrogens is 279 g/mol. The van der Waals surface area contributed by atoms with Crippen molar-refractivity contribution >= 4 is 23.2 Å². The van der Waals surface area contributed by atoms with Gasteiger partial charge in [0.15, 0.2) is 0 Å². The first-order valence-electron chi connectivity index (χ1n) is 6.92. The molecule has 4 heteroatoms. The van der Waals surface area contributed by atoms with Gasteiger partial charge in [0.1, 0.15) is 0 Å². The lowest BCUT2D eigenvalue weighted by Crippen LogP contribution is -2.43. The molecule has 2 N–H and O–H groups in total. The van der Waals surface area contributed by atoms with E-state index in [0.717, 1.165) is 30.2 Å². The van der Waals surface area contributed by atoms with Gasteiger partial charge in [0.2, 0.25) is 0 Å². The van der Waals surface area contributed by atoms with Crippen LogP contribution in [0.1, 0.15) is 31.9 Å². The molecule has 1 aliphatic heterocycles. The quantitative estimate of drug-likeness (QED) is 0.915. The van der Waals surface area contributed by atoms with E-state index < -0.39 is 0 Å². The van der Waals surface area contributed by atoms with Crippen LogP contribution >= 0.6 is 23.2 Å². The van der Waals surface area contributed by atoms with Crippen LogP contribution in [0.15, 0.2) is 18.2 Å². The standard InChI is InChI=1S/C15H22Cl2N2/c1-10-5-6-19(9-12(10)8-18)11(2)14-4-3-13(16)7-15(14)17/h3-4,7,10-12H,5-6,8-9,18H2,1-2H3. The Balaban J connectivity index is 2.13. The molecule has 1 heterocycles. The summed E-state index contributed by atoms with van der Waals surface area (Å²) in [6.45, 7) is 7.43. The molecule has 1 saturated heterocycles. The highest BCUT2D eigenvalue weighted by Gasteiger charge is 2.28. The van der Waals surface area contributed by atoms with Crippen molar-refractivity contribution in [1.29, 1.82) is 0 Å². The number of benzene rings is 1. The van der Waals surface area contributed by atoms with E-state index in [1.54, 1.807) is 0 Å². The van der Waals surface area contributed by atoms with Gasteiger partial charge in [0.25, 0.3) is 0 Å². The van der Waals surface area contributed by atoms with Crippen molar-refractivity contribution in [2.45, 2.75) is 26.3 Å². The van der Waals surface area contributed by atoms with Crippen molar-refractivity contribution in [2.24, 2.45) is 17.6 Å². The average molecular weight is 301 g/mol. The molecule has 1 aromatic carbocycles. The number of rotatable bonds is 3. The van der Waals surface area contributed by atoms with Crippen LogP contribution in [0, 0.1) is 11.8 Å². The summed E-state index contributed by atoms with van der Waals surface area (Å²) in [5, 5.41) is 1.44. The number of hydrogen-bond acceptors (Lipinski definition) is 2. The van der Waals surface area contributed by atoms with Gasteiger partial charge in [-0.05, 0) is 56.0 Å². The van der Waals surface area contributed by atoms with Crippen molar-refractivity contribution in [3.05, 3.63) is 33.8 Å². The number of piperidine rings is 1. The molecule has 1 fully saturated rings. The monoisotopic (exact) mass is 300 g/mol. The Labute approximate surface area is 125 Å².